The molecule has 6 heteroatoms. The summed E-state index contributed by atoms with van der Waals surface area (Å²) < 4.78 is 6.84. The number of rotatable bonds is 0. The number of carbonyl (C=O) groups is 1. The van der Waals surface area contributed by atoms with E-state index in [0.29, 0.717) is 6.42 Å². The van der Waals surface area contributed by atoms with E-state index in [0.717, 1.165) is 12.2 Å². The van der Waals surface area contributed by atoms with Crippen molar-refractivity contribution < 1.29 is 14.6 Å². The molecule has 2 N–H and O–H groups in total. The van der Waals surface area contributed by atoms with Gasteiger partial charge in [-0.2, -0.15) is 0 Å². The van der Waals surface area contributed by atoms with Crippen molar-refractivity contribution in [1.29, 1.82) is 0 Å². The van der Waals surface area contributed by atoms with E-state index in [-0.39, 0.29) is 47.9 Å². The smallest absolute Gasteiger partial charge is 0.224 e. The maximum Gasteiger partial charge on any atom is 0.224 e. The second kappa shape index (κ2) is 5.32. The zero-order chi connectivity index (χ0) is 21.6. The minimum atomic E-state index is -1.00. The summed E-state index contributed by atoms with van der Waals surface area (Å²) >= 11 is 0. The van der Waals surface area contributed by atoms with Gasteiger partial charge in [0.05, 0.1) is 18.0 Å². The van der Waals surface area contributed by atoms with Gasteiger partial charge in [-0.25, -0.2) is 0 Å². The highest BCUT2D eigenvalue weighted by molar-refractivity contribution is 5.86. The number of hydrogen-bond acceptors (Lipinski definition) is 5. The van der Waals surface area contributed by atoms with Gasteiger partial charge in [0.2, 0.25) is 5.91 Å². The van der Waals surface area contributed by atoms with Crippen molar-refractivity contribution in [3.05, 3.63) is 59.7 Å². The third-order valence-electron chi connectivity index (χ3n) is 9.67. The van der Waals surface area contributed by atoms with Crippen LogP contribution in [-0.4, -0.2) is 47.2 Å². The average molecular weight is 430 g/mol. The van der Waals surface area contributed by atoms with Crippen LogP contribution < -0.4 is 15.1 Å². The lowest BCUT2D eigenvalue weighted by Gasteiger charge is -2.53. The Morgan fingerprint density at radius 3 is 2.44 bits per heavy atom. The normalized spacial score (nSPS) is 46.3. The third-order valence-corrected chi connectivity index (χ3v) is 9.67. The number of carbonyl (C=O) groups excluding carboxylic acids is 1. The van der Waals surface area contributed by atoms with Crippen LogP contribution in [0.5, 0.6) is 0 Å². The van der Waals surface area contributed by atoms with Crippen molar-refractivity contribution in [2.24, 2.45) is 11.8 Å². The molecule has 3 saturated heterocycles. The van der Waals surface area contributed by atoms with E-state index in [1.165, 1.54) is 16.8 Å². The third kappa shape index (κ3) is 1.72. The summed E-state index contributed by atoms with van der Waals surface area (Å²) in [6, 6.07) is 17.4. The second-order valence-corrected chi connectivity index (χ2v) is 10.9. The molecule has 6 aliphatic rings. The van der Waals surface area contributed by atoms with Gasteiger partial charge in [-0.3, -0.25) is 4.79 Å². The first-order valence-corrected chi connectivity index (χ1v) is 11.9. The molecule has 8 rings (SSSR count). The van der Waals surface area contributed by atoms with Gasteiger partial charge in [0.15, 0.2) is 5.72 Å². The predicted octanol–water partition coefficient (Wildman–Crippen LogP) is 2.53. The quantitative estimate of drug-likeness (QED) is 0.674. The monoisotopic (exact) mass is 429 g/mol. The lowest BCUT2D eigenvalue weighted by molar-refractivity contribution is -0.125. The molecule has 1 amide bonds. The molecule has 9 atom stereocenters. The Morgan fingerprint density at radius 2 is 1.66 bits per heavy atom. The molecule has 1 saturated carbocycles. The minimum absolute atomic E-state index is 0.0367. The van der Waals surface area contributed by atoms with E-state index in [4.69, 9.17) is 4.74 Å². The molecule has 2 aromatic carbocycles. The standard InChI is InChI=1S/C26H27N3O3/c1-25(31)11-18-28-16-9-5-3-7-13(16)20-21-15(12-27-24(21)30)19-14-8-4-6-10-17(14)29(23(19)22(20)28)26(25,2)32-18/h3-10,15,18-23,31H,11-12H2,1-2H3,(H,27,30)/t15?,18-,19?,20?,21?,22?,23?,25+,26+/m1/s1. The van der Waals surface area contributed by atoms with Crippen LogP contribution in [0.15, 0.2) is 48.5 Å². The van der Waals surface area contributed by atoms with E-state index in [2.05, 4.69) is 70.6 Å². The fourth-order valence-corrected chi connectivity index (χ4v) is 8.38. The van der Waals surface area contributed by atoms with Crippen molar-refractivity contribution in [2.75, 3.05) is 16.3 Å². The second-order valence-electron chi connectivity index (χ2n) is 10.9. The summed E-state index contributed by atoms with van der Waals surface area (Å²) in [5.74, 6) is 0.750. The van der Waals surface area contributed by atoms with Gasteiger partial charge in [0.25, 0.3) is 0 Å². The number of nitrogens with one attached hydrogen (secondary N) is 1. The first kappa shape index (κ1) is 17.9. The van der Waals surface area contributed by atoms with E-state index >= 15 is 0 Å². The van der Waals surface area contributed by atoms with Crippen LogP contribution in [-0.2, 0) is 9.53 Å². The lowest BCUT2D eigenvalue weighted by atomic mass is 9.61. The molecule has 32 heavy (non-hydrogen) atoms. The molecule has 4 fully saturated rings. The molecule has 2 bridgehead atoms. The van der Waals surface area contributed by atoms with Crippen LogP contribution in [0.2, 0.25) is 0 Å². The fourth-order valence-electron chi connectivity index (χ4n) is 8.38. The van der Waals surface area contributed by atoms with E-state index in [1.807, 2.05) is 6.92 Å². The van der Waals surface area contributed by atoms with Crippen molar-refractivity contribution in [3.8, 4) is 0 Å². The Hall–Kier alpha value is -2.57. The summed E-state index contributed by atoms with van der Waals surface area (Å²) in [6.45, 7) is 4.71. The molecular formula is C26H27N3O3. The first-order chi connectivity index (χ1) is 15.4. The van der Waals surface area contributed by atoms with Gasteiger partial charge in [0, 0.05) is 36.2 Å². The molecule has 1 aliphatic carbocycles. The Labute approximate surface area is 187 Å². The highest BCUT2D eigenvalue weighted by Crippen LogP contribution is 2.67. The van der Waals surface area contributed by atoms with Crippen molar-refractivity contribution in [2.45, 2.75) is 61.7 Å². The Kier molecular flexibility index (Phi) is 2.98. The van der Waals surface area contributed by atoms with Gasteiger partial charge in [-0.05, 0) is 43.0 Å². The number of ether oxygens (including phenoxy) is 1. The highest BCUT2D eigenvalue weighted by Gasteiger charge is 2.73. The van der Waals surface area contributed by atoms with Crippen LogP contribution in [0.1, 0.15) is 43.2 Å². The topological polar surface area (TPSA) is 65.0 Å². The molecule has 6 nitrogen and oxygen atoms in total. The maximum absolute atomic E-state index is 13.3. The Balaban J connectivity index is 1.47. The maximum atomic E-state index is 13.3. The molecule has 0 radical (unpaired) electrons. The average Bonchev–Trinajstić information content (AvgIpc) is 3.45. The zero-order valence-corrected chi connectivity index (χ0v) is 18.2. The SMILES string of the molecule is C[C@]1(O)C[C@H]2O[C@]1(C)N1c3ccccc3C3C4CNC(=O)C4C4c5ccccc5N2C4C31. The largest absolute Gasteiger partial charge is 0.385 e. The molecule has 2 aromatic rings. The number of hydrogen-bond donors (Lipinski definition) is 2. The summed E-state index contributed by atoms with van der Waals surface area (Å²) in [7, 11) is 0. The number of benzene rings is 2. The number of nitrogens with zero attached hydrogens (tertiary/aromatic N) is 2. The molecule has 164 valence electrons. The van der Waals surface area contributed by atoms with Crippen molar-refractivity contribution in [1.82, 2.24) is 5.32 Å². The van der Waals surface area contributed by atoms with Crippen LogP contribution in [0.4, 0.5) is 11.4 Å². The van der Waals surface area contributed by atoms with Crippen molar-refractivity contribution in [3.63, 3.8) is 0 Å². The first-order valence-electron chi connectivity index (χ1n) is 11.9. The number of amides is 1. The van der Waals surface area contributed by atoms with E-state index in [9.17, 15) is 9.90 Å². The summed E-state index contributed by atoms with van der Waals surface area (Å²) in [4.78, 5) is 18.1. The predicted molar refractivity (Wildman–Crippen MR) is 119 cm³/mol. The zero-order valence-electron chi connectivity index (χ0n) is 18.2. The molecule has 6 unspecified atom stereocenters. The molecule has 5 heterocycles. The highest BCUT2D eigenvalue weighted by atomic mass is 16.6. The van der Waals surface area contributed by atoms with Gasteiger partial charge in [-0.1, -0.05) is 36.4 Å². The minimum Gasteiger partial charge on any atom is -0.385 e. The lowest BCUT2D eigenvalue weighted by Crippen LogP contribution is -2.67. The van der Waals surface area contributed by atoms with Crippen LogP contribution in [0, 0.1) is 11.8 Å². The van der Waals surface area contributed by atoms with Crippen LogP contribution in [0.25, 0.3) is 0 Å². The Bertz CT molecular complexity index is 1200. The summed E-state index contributed by atoms with van der Waals surface area (Å²) in [6.07, 6.45) is 0.322. The summed E-state index contributed by atoms with van der Waals surface area (Å²) in [5, 5.41) is 15.0. The van der Waals surface area contributed by atoms with Crippen LogP contribution in [0.3, 0.4) is 0 Å². The Morgan fingerprint density at radius 1 is 0.969 bits per heavy atom. The summed E-state index contributed by atoms with van der Waals surface area (Å²) in [5.41, 5.74) is 3.05. The molecule has 0 aromatic heterocycles. The van der Waals surface area contributed by atoms with E-state index < -0.39 is 11.3 Å². The van der Waals surface area contributed by atoms with E-state index in [1.54, 1.807) is 0 Å². The molecule has 0 spiro atoms. The number of aliphatic hydroxyl groups is 1. The van der Waals surface area contributed by atoms with Crippen LogP contribution >= 0.6 is 0 Å². The number of anilines is 2. The van der Waals surface area contributed by atoms with Gasteiger partial charge in [-0.15, -0.1) is 0 Å². The van der Waals surface area contributed by atoms with Gasteiger partial charge >= 0.3 is 0 Å². The fraction of sp³-hybridized carbons (Fsp3) is 0.500. The number of fused-ring (bicyclic) bond motifs is 13. The van der Waals surface area contributed by atoms with Crippen molar-refractivity contribution >= 4 is 17.3 Å². The number of para-hydroxylation sites is 2. The molecule has 5 aliphatic heterocycles. The van der Waals surface area contributed by atoms with Gasteiger partial charge in [0.1, 0.15) is 11.8 Å². The van der Waals surface area contributed by atoms with Gasteiger partial charge < -0.3 is 25.0 Å². The molecular weight excluding hydrogens is 402 g/mol.